The quantitative estimate of drug-likeness (QED) is 0.167. The van der Waals surface area contributed by atoms with Gasteiger partial charge in [0.1, 0.15) is 0 Å². The minimum atomic E-state index is -3.19. The molecule has 0 aromatic carbocycles. The van der Waals surface area contributed by atoms with Crippen molar-refractivity contribution >= 4 is 7.75 Å². The SMILES string of the molecule is CCCCCCCCCCCCCC.CCOP(=O)(OCC)N1CCNCCCNCCNC1. The van der Waals surface area contributed by atoms with Crippen LogP contribution in [0.25, 0.3) is 0 Å². The van der Waals surface area contributed by atoms with Crippen molar-refractivity contribution in [3.63, 3.8) is 0 Å². The van der Waals surface area contributed by atoms with E-state index in [1.165, 1.54) is 77.0 Å². The van der Waals surface area contributed by atoms with Gasteiger partial charge in [-0.2, -0.15) is 4.67 Å². The van der Waals surface area contributed by atoms with Gasteiger partial charge in [-0.1, -0.05) is 90.9 Å². The summed E-state index contributed by atoms with van der Waals surface area (Å²) >= 11 is 0. The first-order valence-electron chi connectivity index (χ1n) is 14.4. The van der Waals surface area contributed by atoms with E-state index in [2.05, 4.69) is 29.8 Å². The van der Waals surface area contributed by atoms with Gasteiger partial charge in [-0.05, 0) is 33.4 Å². The van der Waals surface area contributed by atoms with Crippen molar-refractivity contribution in [1.82, 2.24) is 20.6 Å². The van der Waals surface area contributed by atoms with E-state index in [1.807, 2.05) is 13.8 Å². The number of unbranched alkanes of at least 4 members (excludes halogenated alkanes) is 11. The Balaban J connectivity index is 0.000000686. The highest BCUT2D eigenvalue weighted by Gasteiger charge is 2.32. The zero-order chi connectivity index (χ0) is 25.2. The summed E-state index contributed by atoms with van der Waals surface area (Å²) in [6.45, 7) is 14.6. The molecule has 0 aromatic rings. The van der Waals surface area contributed by atoms with Crippen molar-refractivity contribution in [2.45, 2.75) is 111 Å². The van der Waals surface area contributed by atoms with Gasteiger partial charge in [-0.15, -0.1) is 0 Å². The van der Waals surface area contributed by atoms with Gasteiger partial charge in [-0.3, -0.25) is 9.05 Å². The summed E-state index contributed by atoms with van der Waals surface area (Å²) in [6.07, 6.45) is 18.5. The molecule has 1 heterocycles. The maximum atomic E-state index is 12.8. The van der Waals surface area contributed by atoms with Crippen LogP contribution in [0.5, 0.6) is 0 Å². The molecule has 0 unspecified atom stereocenters. The van der Waals surface area contributed by atoms with Gasteiger partial charge >= 0.3 is 7.75 Å². The maximum Gasteiger partial charge on any atom is 0.409 e. The summed E-state index contributed by atoms with van der Waals surface area (Å²) in [6, 6.07) is 0. The highest BCUT2D eigenvalue weighted by molar-refractivity contribution is 7.51. The Morgan fingerprint density at radius 1 is 0.618 bits per heavy atom. The molecule has 0 atom stereocenters. The maximum absolute atomic E-state index is 12.8. The fraction of sp³-hybridized carbons (Fsp3) is 1.00. The van der Waals surface area contributed by atoms with E-state index in [1.54, 1.807) is 4.67 Å². The molecule has 1 saturated heterocycles. The smallest absolute Gasteiger partial charge is 0.315 e. The lowest BCUT2D eigenvalue weighted by atomic mass is 10.1. The van der Waals surface area contributed by atoms with Crippen LogP contribution in [-0.2, 0) is 13.6 Å². The second-order valence-corrected chi connectivity index (χ2v) is 11.1. The van der Waals surface area contributed by atoms with Crippen LogP contribution in [0.15, 0.2) is 0 Å². The van der Waals surface area contributed by atoms with Gasteiger partial charge in [0.05, 0.1) is 19.9 Å². The fourth-order valence-corrected chi connectivity index (χ4v) is 5.58. The Morgan fingerprint density at radius 3 is 1.53 bits per heavy atom. The van der Waals surface area contributed by atoms with Crippen LogP contribution in [0.1, 0.15) is 111 Å². The van der Waals surface area contributed by atoms with Gasteiger partial charge in [-0.25, -0.2) is 4.57 Å². The van der Waals surface area contributed by atoms with Gasteiger partial charge in [0.25, 0.3) is 0 Å². The van der Waals surface area contributed by atoms with E-state index in [0.29, 0.717) is 26.4 Å². The molecule has 3 N–H and O–H groups in total. The topological polar surface area (TPSA) is 74.9 Å². The van der Waals surface area contributed by atoms with E-state index < -0.39 is 7.75 Å². The molecule has 1 rings (SSSR count). The lowest BCUT2D eigenvalue weighted by Crippen LogP contribution is -2.41. The Bertz CT molecular complexity index is 424. The van der Waals surface area contributed by atoms with Crippen LogP contribution in [0, 0.1) is 0 Å². The summed E-state index contributed by atoms with van der Waals surface area (Å²) in [5.41, 5.74) is 0. The second-order valence-electron chi connectivity index (χ2n) is 9.08. The van der Waals surface area contributed by atoms with E-state index in [4.69, 9.17) is 9.05 Å². The van der Waals surface area contributed by atoms with Crippen LogP contribution in [0.3, 0.4) is 0 Å². The van der Waals surface area contributed by atoms with Crippen molar-refractivity contribution in [2.24, 2.45) is 0 Å². The lowest BCUT2D eigenvalue weighted by Gasteiger charge is -2.30. The van der Waals surface area contributed by atoms with Gasteiger partial charge in [0.2, 0.25) is 0 Å². The molecular weight excluding hydrogens is 447 g/mol. The van der Waals surface area contributed by atoms with E-state index in [-0.39, 0.29) is 0 Å². The zero-order valence-electron chi connectivity index (χ0n) is 23.2. The minimum Gasteiger partial charge on any atom is -0.315 e. The third kappa shape index (κ3) is 20.2. The second kappa shape index (κ2) is 26.1. The normalized spacial score (nSPS) is 16.8. The molecule has 1 aliphatic rings. The number of rotatable bonds is 16. The summed E-state index contributed by atoms with van der Waals surface area (Å²) < 4.78 is 25.4. The molecule has 0 aromatic heterocycles. The number of nitrogens with one attached hydrogen (secondary N) is 3. The fourth-order valence-electron chi connectivity index (χ4n) is 3.91. The molecule has 34 heavy (non-hydrogen) atoms. The third-order valence-electron chi connectivity index (χ3n) is 5.91. The van der Waals surface area contributed by atoms with E-state index in [9.17, 15) is 4.57 Å². The Kier molecular flexibility index (Phi) is 26.1. The average Bonchev–Trinajstić information content (AvgIpc) is 2.81. The predicted molar refractivity (Wildman–Crippen MR) is 148 cm³/mol. The largest absolute Gasteiger partial charge is 0.409 e. The molecule has 0 amide bonds. The van der Waals surface area contributed by atoms with Crippen LogP contribution < -0.4 is 16.0 Å². The average molecular weight is 507 g/mol. The molecule has 206 valence electrons. The monoisotopic (exact) mass is 506 g/mol. The van der Waals surface area contributed by atoms with Crippen LogP contribution in [-0.4, -0.2) is 63.8 Å². The number of nitrogens with zero attached hydrogens (tertiary/aromatic N) is 1. The summed E-state index contributed by atoms with van der Waals surface area (Å²) in [4.78, 5) is 0. The van der Waals surface area contributed by atoms with Crippen LogP contribution >= 0.6 is 7.75 Å². The molecule has 0 radical (unpaired) electrons. The third-order valence-corrected chi connectivity index (χ3v) is 8.12. The summed E-state index contributed by atoms with van der Waals surface area (Å²) in [7, 11) is -3.19. The van der Waals surface area contributed by atoms with Crippen molar-refractivity contribution in [3.8, 4) is 0 Å². The molecule has 0 aliphatic carbocycles. The van der Waals surface area contributed by atoms with E-state index >= 15 is 0 Å². The highest BCUT2D eigenvalue weighted by atomic mass is 31.2. The standard InChI is InChI=1S/C14H30.C12H29N4O3P/c1-3-5-7-9-11-13-14-12-10-8-6-4-2;1-3-18-20(17,19-4-2)16-11-10-14-7-5-6-13-8-9-15-12-16/h3-14H2,1-2H3;13-15H,3-12H2,1-2H3. The summed E-state index contributed by atoms with van der Waals surface area (Å²) in [5.74, 6) is 0. The minimum absolute atomic E-state index is 0.378. The molecule has 0 bridgehead atoms. The Labute approximate surface area is 212 Å². The predicted octanol–water partition coefficient (Wildman–Crippen LogP) is 6.31. The lowest BCUT2D eigenvalue weighted by molar-refractivity contribution is 0.163. The first kappa shape index (κ1) is 34.0. The molecule has 0 saturated carbocycles. The van der Waals surface area contributed by atoms with Gasteiger partial charge in [0.15, 0.2) is 0 Å². The molecule has 1 aliphatic heterocycles. The Hall–Kier alpha value is -0.0100. The van der Waals surface area contributed by atoms with Gasteiger partial charge in [0, 0.05) is 26.2 Å². The zero-order valence-corrected chi connectivity index (χ0v) is 24.1. The van der Waals surface area contributed by atoms with Crippen molar-refractivity contribution < 1.29 is 13.6 Å². The molecular formula is C26H59N4O3P. The van der Waals surface area contributed by atoms with Crippen LogP contribution in [0.4, 0.5) is 0 Å². The van der Waals surface area contributed by atoms with Crippen molar-refractivity contribution in [3.05, 3.63) is 0 Å². The summed E-state index contributed by atoms with van der Waals surface area (Å²) in [5, 5.41) is 9.98. The van der Waals surface area contributed by atoms with Crippen molar-refractivity contribution in [2.75, 3.05) is 59.2 Å². The first-order valence-corrected chi connectivity index (χ1v) is 15.9. The van der Waals surface area contributed by atoms with E-state index in [0.717, 1.165) is 39.1 Å². The van der Waals surface area contributed by atoms with Crippen LogP contribution in [0.2, 0.25) is 0 Å². The highest BCUT2D eigenvalue weighted by Crippen LogP contribution is 2.51. The number of hydrogen-bond donors (Lipinski definition) is 3. The Morgan fingerprint density at radius 2 is 1.06 bits per heavy atom. The van der Waals surface area contributed by atoms with Gasteiger partial charge < -0.3 is 16.0 Å². The molecule has 7 nitrogen and oxygen atoms in total. The molecule has 0 spiro atoms. The molecule has 8 heteroatoms. The first-order chi connectivity index (χ1) is 16.6. The van der Waals surface area contributed by atoms with Crippen molar-refractivity contribution in [1.29, 1.82) is 0 Å². The molecule has 1 fully saturated rings. The number of hydrogen-bond acceptors (Lipinski definition) is 6.